The Balaban J connectivity index is 2.08. The monoisotopic (exact) mass is 340 g/mol. The summed E-state index contributed by atoms with van der Waals surface area (Å²) in [7, 11) is -1.06. The molecule has 0 saturated carbocycles. The Morgan fingerprint density at radius 2 is 1.79 bits per heavy atom. The lowest BCUT2D eigenvalue weighted by Crippen LogP contribution is -2.29. The molecule has 2 rings (SSSR count). The van der Waals surface area contributed by atoms with Gasteiger partial charge in [0.1, 0.15) is 0 Å². The zero-order valence-electron chi connectivity index (χ0n) is 13.0. The third-order valence-corrected chi connectivity index (χ3v) is 3.84. The Morgan fingerprint density at radius 1 is 1.08 bits per heavy atom. The Bertz CT molecular complexity index is 840. The van der Waals surface area contributed by atoms with Crippen molar-refractivity contribution in [2.45, 2.75) is 5.75 Å². The highest BCUT2D eigenvalue weighted by molar-refractivity contribution is 7.83. The number of anilines is 2. The summed E-state index contributed by atoms with van der Waals surface area (Å²) in [6, 6.07) is 13.6. The number of para-hydroxylation sites is 1. The zero-order chi connectivity index (χ0) is 17.5. The van der Waals surface area contributed by atoms with E-state index in [2.05, 4.69) is 16.6 Å². The lowest BCUT2D eigenvalue weighted by atomic mass is 10.2. The van der Waals surface area contributed by atoms with Gasteiger partial charge in [-0.2, -0.15) is 0 Å². The number of rotatable bonds is 4. The second-order valence-corrected chi connectivity index (χ2v) is 6.44. The molecular weight excluding hydrogens is 324 g/mol. The summed E-state index contributed by atoms with van der Waals surface area (Å²) in [5, 5.41) is 5.03. The van der Waals surface area contributed by atoms with E-state index in [9.17, 15) is 13.8 Å². The first kappa shape index (κ1) is 17.4. The maximum absolute atomic E-state index is 12.1. The summed E-state index contributed by atoms with van der Waals surface area (Å²) < 4.78 is 11.4. The van der Waals surface area contributed by atoms with Crippen molar-refractivity contribution >= 4 is 34.0 Å². The molecule has 0 saturated heterocycles. The van der Waals surface area contributed by atoms with Gasteiger partial charge in [-0.1, -0.05) is 30.2 Å². The summed E-state index contributed by atoms with van der Waals surface area (Å²) in [4.78, 5) is 24.1. The summed E-state index contributed by atoms with van der Waals surface area (Å²) in [5.41, 5.74) is 2.21. The van der Waals surface area contributed by atoms with Gasteiger partial charge in [0.2, 0.25) is 0 Å². The highest BCUT2D eigenvalue weighted by Crippen LogP contribution is 2.17. The van der Waals surface area contributed by atoms with Crippen molar-refractivity contribution in [2.24, 2.45) is 0 Å². The standard InChI is InChI=1S/C18H16N2O3S/c1-3-13-7-6-9-15(11-13)19-17(21)18(22)20-16-10-5-4-8-14(16)12-24(2)23/h1,4-11H,12H2,2H3,(H,19,21)(H,20,22). The number of benzene rings is 2. The van der Waals surface area contributed by atoms with E-state index in [1.54, 1.807) is 54.8 Å². The van der Waals surface area contributed by atoms with Crippen LogP contribution in [0.5, 0.6) is 0 Å². The van der Waals surface area contributed by atoms with Gasteiger partial charge in [0.05, 0.1) is 5.75 Å². The van der Waals surface area contributed by atoms with Crippen LogP contribution >= 0.6 is 0 Å². The van der Waals surface area contributed by atoms with Crippen LogP contribution in [0.4, 0.5) is 11.4 Å². The van der Waals surface area contributed by atoms with Crippen molar-refractivity contribution in [3.8, 4) is 12.3 Å². The van der Waals surface area contributed by atoms with Gasteiger partial charge in [-0.15, -0.1) is 6.42 Å². The van der Waals surface area contributed by atoms with Gasteiger partial charge in [0.15, 0.2) is 0 Å². The molecule has 24 heavy (non-hydrogen) atoms. The molecular formula is C18H16N2O3S. The third kappa shape index (κ3) is 4.80. The van der Waals surface area contributed by atoms with Crippen LogP contribution in [0.15, 0.2) is 48.5 Å². The average Bonchev–Trinajstić information content (AvgIpc) is 2.56. The van der Waals surface area contributed by atoms with Crippen LogP contribution in [0.25, 0.3) is 0 Å². The topological polar surface area (TPSA) is 75.3 Å². The molecule has 0 aliphatic heterocycles. The molecule has 0 fully saturated rings. The molecule has 0 aliphatic rings. The van der Waals surface area contributed by atoms with Crippen molar-refractivity contribution in [2.75, 3.05) is 16.9 Å². The molecule has 2 amide bonds. The zero-order valence-corrected chi connectivity index (χ0v) is 13.9. The molecule has 5 nitrogen and oxygen atoms in total. The van der Waals surface area contributed by atoms with Crippen molar-refractivity contribution in [3.63, 3.8) is 0 Å². The second kappa shape index (κ2) is 8.09. The SMILES string of the molecule is C#Cc1cccc(NC(=O)C(=O)Nc2ccccc2CS(C)=O)c1. The highest BCUT2D eigenvalue weighted by atomic mass is 32.2. The molecule has 2 aromatic carbocycles. The summed E-state index contributed by atoms with van der Waals surface area (Å²) in [6.45, 7) is 0. The summed E-state index contributed by atoms with van der Waals surface area (Å²) in [6.07, 6.45) is 6.87. The molecule has 0 aromatic heterocycles. The fraction of sp³-hybridized carbons (Fsp3) is 0.111. The van der Waals surface area contributed by atoms with E-state index in [1.807, 2.05) is 0 Å². The van der Waals surface area contributed by atoms with E-state index in [-0.39, 0.29) is 0 Å². The lowest BCUT2D eigenvalue weighted by molar-refractivity contribution is -0.133. The third-order valence-electron chi connectivity index (χ3n) is 3.12. The molecule has 2 aromatic rings. The molecule has 122 valence electrons. The fourth-order valence-electron chi connectivity index (χ4n) is 2.04. The van der Waals surface area contributed by atoms with Crippen molar-refractivity contribution in [1.29, 1.82) is 0 Å². The Labute approximate surface area is 142 Å². The summed E-state index contributed by atoms with van der Waals surface area (Å²) in [5.74, 6) is 1.13. The first-order valence-electron chi connectivity index (χ1n) is 7.06. The van der Waals surface area contributed by atoms with E-state index in [0.29, 0.717) is 28.3 Å². The number of hydrogen-bond acceptors (Lipinski definition) is 3. The molecule has 0 spiro atoms. The number of carbonyl (C=O) groups is 2. The van der Waals surface area contributed by atoms with Crippen LogP contribution in [0, 0.1) is 12.3 Å². The molecule has 2 N–H and O–H groups in total. The number of terminal acetylenes is 1. The largest absolute Gasteiger partial charge is 0.318 e. The second-order valence-electron chi connectivity index (χ2n) is 5.01. The summed E-state index contributed by atoms with van der Waals surface area (Å²) >= 11 is 0. The quantitative estimate of drug-likeness (QED) is 0.661. The molecule has 0 aliphatic carbocycles. The van der Waals surface area contributed by atoms with Gasteiger partial charge >= 0.3 is 11.8 Å². The Morgan fingerprint density at radius 3 is 2.50 bits per heavy atom. The van der Waals surface area contributed by atoms with Crippen LogP contribution in [-0.4, -0.2) is 22.3 Å². The van der Waals surface area contributed by atoms with Gasteiger partial charge < -0.3 is 10.6 Å². The molecule has 6 heteroatoms. The van der Waals surface area contributed by atoms with Crippen LogP contribution in [0.1, 0.15) is 11.1 Å². The Hall–Kier alpha value is -2.91. The van der Waals surface area contributed by atoms with Crippen LogP contribution < -0.4 is 10.6 Å². The van der Waals surface area contributed by atoms with Crippen molar-refractivity contribution in [1.82, 2.24) is 0 Å². The smallest absolute Gasteiger partial charge is 0.314 e. The minimum absolute atomic E-state index is 0.294. The predicted octanol–water partition coefficient (Wildman–Crippen LogP) is 2.12. The molecule has 0 bridgehead atoms. The number of amides is 2. The number of nitrogens with one attached hydrogen (secondary N) is 2. The van der Waals surface area contributed by atoms with E-state index in [4.69, 9.17) is 6.42 Å². The highest BCUT2D eigenvalue weighted by Gasteiger charge is 2.16. The maximum Gasteiger partial charge on any atom is 0.314 e. The van der Waals surface area contributed by atoms with E-state index < -0.39 is 22.6 Å². The van der Waals surface area contributed by atoms with E-state index in [0.717, 1.165) is 0 Å². The number of carbonyl (C=O) groups excluding carboxylic acids is 2. The number of hydrogen-bond donors (Lipinski definition) is 2. The predicted molar refractivity (Wildman–Crippen MR) is 95.8 cm³/mol. The minimum Gasteiger partial charge on any atom is -0.318 e. The van der Waals surface area contributed by atoms with Gasteiger partial charge in [-0.3, -0.25) is 13.8 Å². The molecule has 0 radical (unpaired) electrons. The van der Waals surface area contributed by atoms with E-state index in [1.165, 1.54) is 0 Å². The molecule has 0 heterocycles. The van der Waals surface area contributed by atoms with Gasteiger partial charge in [-0.05, 0) is 29.8 Å². The van der Waals surface area contributed by atoms with Gasteiger partial charge in [0.25, 0.3) is 0 Å². The van der Waals surface area contributed by atoms with E-state index >= 15 is 0 Å². The van der Waals surface area contributed by atoms with Crippen LogP contribution in [-0.2, 0) is 26.1 Å². The van der Waals surface area contributed by atoms with Crippen LogP contribution in [0.3, 0.4) is 0 Å². The lowest BCUT2D eigenvalue weighted by Gasteiger charge is -2.10. The van der Waals surface area contributed by atoms with Gasteiger partial charge in [-0.25, -0.2) is 0 Å². The van der Waals surface area contributed by atoms with Crippen molar-refractivity contribution < 1.29 is 13.8 Å². The minimum atomic E-state index is -1.06. The van der Waals surface area contributed by atoms with Gasteiger partial charge in [0, 0.05) is 34.0 Å². The molecule has 1 atom stereocenters. The maximum atomic E-state index is 12.1. The first-order chi connectivity index (χ1) is 11.5. The van der Waals surface area contributed by atoms with Crippen molar-refractivity contribution in [3.05, 3.63) is 59.7 Å². The normalized spacial score (nSPS) is 11.2. The molecule has 1 unspecified atom stereocenters. The van der Waals surface area contributed by atoms with Crippen LogP contribution in [0.2, 0.25) is 0 Å². The Kier molecular flexibility index (Phi) is 5.88. The first-order valence-corrected chi connectivity index (χ1v) is 8.79. The average molecular weight is 340 g/mol. The fourth-order valence-corrected chi connectivity index (χ4v) is 2.73.